The molecule has 86 valence electrons. The first kappa shape index (κ1) is 10.9. The van der Waals surface area contributed by atoms with Crippen molar-refractivity contribution in [1.29, 1.82) is 0 Å². The number of hydrogen-bond donors (Lipinski definition) is 1. The van der Waals surface area contributed by atoms with Crippen LogP contribution >= 0.6 is 0 Å². The molecular weight excluding hydrogens is 204 g/mol. The van der Waals surface area contributed by atoms with Crippen molar-refractivity contribution in [3.05, 3.63) is 18.0 Å². The topological polar surface area (TPSA) is 72.1 Å². The van der Waals surface area contributed by atoms with Gasteiger partial charge in [-0.15, -0.1) is 0 Å². The van der Waals surface area contributed by atoms with E-state index in [9.17, 15) is 4.79 Å². The Morgan fingerprint density at radius 1 is 1.62 bits per heavy atom. The van der Waals surface area contributed by atoms with E-state index in [0.29, 0.717) is 11.9 Å². The monoisotopic (exact) mass is 220 g/mol. The van der Waals surface area contributed by atoms with Gasteiger partial charge in [0.2, 0.25) is 11.9 Å². The van der Waals surface area contributed by atoms with Crippen LogP contribution in [-0.2, 0) is 4.79 Å². The number of rotatable bonds is 1. The molecular formula is C11H16N4O. The second-order valence-electron chi connectivity index (χ2n) is 4.14. The summed E-state index contributed by atoms with van der Waals surface area (Å²) in [6.07, 6.45) is 3.75. The number of hydrogen-bond acceptors (Lipinski definition) is 4. The highest BCUT2D eigenvalue weighted by Gasteiger charge is 2.23. The first-order valence-electron chi connectivity index (χ1n) is 5.51. The number of amides is 1. The molecule has 0 bridgehead atoms. The molecule has 1 fully saturated rings. The highest BCUT2D eigenvalue weighted by atomic mass is 16.2. The second kappa shape index (κ2) is 4.47. The molecule has 2 heterocycles. The minimum Gasteiger partial charge on any atom is -0.368 e. The zero-order chi connectivity index (χ0) is 11.5. The van der Waals surface area contributed by atoms with E-state index >= 15 is 0 Å². The van der Waals surface area contributed by atoms with Crippen molar-refractivity contribution in [3.8, 4) is 0 Å². The van der Waals surface area contributed by atoms with E-state index in [1.807, 2.05) is 11.0 Å². The van der Waals surface area contributed by atoms with Crippen molar-refractivity contribution < 1.29 is 4.79 Å². The SMILES string of the molecule is CC(=O)N1CCCC(c2ccnc(N)n2)C1. The van der Waals surface area contributed by atoms with Gasteiger partial charge in [-0.2, -0.15) is 0 Å². The van der Waals surface area contributed by atoms with Gasteiger partial charge in [0.25, 0.3) is 0 Å². The lowest BCUT2D eigenvalue weighted by Crippen LogP contribution is -2.37. The van der Waals surface area contributed by atoms with Gasteiger partial charge in [-0.25, -0.2) is 9.97 Å². The van der Waals surface area contributed by atoms with E-state index < -0.39 is 0 Å². The lowest BCUT2D eigenvalue weighted by molar-refractivity contribution is -0.130. The van der Waals surface area contributed by atoms with E-state index in [2.05, 4.69) is 9.97 Å². The summed E-state index contributed by atoms with van der Waals surface area (Å²) in [4.78, 5) is 21.3. The maximum atomic E-state index is 11.3. The van der Waals surface area contributed by atoms with Crippen molar-refractivity contribution in [2.75, 3.05) is 18.8 Å². The molecule has 1 atom stereocenters. The number of anilines is 1. The fraction of sp³-hybridized carbons (Fsp3) is 0.545. The Hall–Kier alpha value is -1.65. The van der Waals surface area contributed by atoms with Crippen LogP contribution in [0.5, 0.6) is 0 Å². The average Bonchev–Trinajstić information content (AvgIpc) is 2.29. The molecule has 1 aliphatic rings. The third kappa shape index (κ3) is 2.29. The number of nitrogens with zero attached hydrogens (tertiary/aromatic N) is 3. The lowest BCUT2D eigenvalue weighted by Gasteiger charge is -2.31. The van der Waals surface area contributed by atoms with Gasteiger partial charge in [-0.05, 0) is 18.9 Å². The van der Waals surface area contributed by atoms with Gasteiger partial charge in [0, 0.05) is 32.1 Å². The molecule has 16 heavy (non-hydrogen) atoms. The molecule has 5 heteroatoms. The molecule has 0 spiro atoms. The first-order chi connectivity index (χ1) is 7.66. The summed E-state index contributed by atoms with van der Waals surface area (Å²) in [6, 6.07) is 1.88. The molecule has 0 saturated carbocycles. The third-order valence-corrected chi connectivity index (χ3v) is 2.98. The zero-order valence-corrected chi connectivity index (χ0v) is 9.39. The highest BCUT2D eigenvalue weighted by molar-refractivity contribution is 5.73. The van der Waals surface area contributed by atoms with E-state index in [0.717, 1.165) is 31.6 Å². The molecule has 0 aromatic carbocycles. The van der Waals surface area contributed by atoms with Gasteiger partial charge >= 0.3 is 0 Å². The van der Waals surface area contributed by atoms with Crippen molar-refractivity contribution in [3.63, 3.8) is 0 Å². The van der Waals surface area contributed by atoms with Crippen molar-refractivity contribution in [2.45, 2.75) is 25.7 Å². The summed E-state index contributed by atoms with van der Waals surface area (Å²) in [6.45, 7) is 3.20. The normalized spacial score (nSPS) is 20.8. The summed E-state index contributed by atoms with van der Waals surface area (Å²) >= 11 is 0. The van der Waals surface area contributed by atoms with Crippen LogP contribution in [0.15, 0.2) is 12.3 Å². The van der Waals surface area contributed by atoms with Crippen LogP contribution in [0.25, 0.3) is 0 Å². The number of carbonyl (C=O) groups is 1. The predicted molar refractivity (Wildman–Crippen MR) is 60.7 cm³/mol. The molecule has 5 nitrogen and oxygen atoms in total. The standard InChI is InChI=1S/C11H16N4O/c1-8(16)15-6-2-3-9(7-15)10-4-5-13-11(12)14-10/h4-5,9H,2-3,6-7H2,1H3,(H2,12,13,14). The number of piperidine rings is 1. The Balaban J connectivity index is 2.12. The van der Waals surface area contributed by atoms with Crippen molar-refractivity contribution in [1.82, 2.24) is 14.9 Å². The van der Waals surface area contributed by atoms with E-state index in [-0.39, 0.29) is 5.91 Å². The summed E-state index contributed by atoms with van der Waals surface area (Å²) in [5.74, 6) is 0.729. The van der Waals surface area contributed by atoms with E-state index in [4.69, 9.17) is 5.73 Å². The molecule has 1 amide bonds. The molecule has 1 aromatic heterocycles. The van der Waals surface area contributed by atoms with Crippen LogP contribution in [0.2, 0.25) is 0 Å². The fourth-order valence-corrected chi connectivity index (χ4v) is 2.12. The summed E-state index contributed by atoms with van der Waals surface area (Å²) in [5.41, 5.74) is 6.50. The smallest absolute Gasteiger partial charge is 0.220 e. The Morgan fingerprint density at radius 3 is 3.12 bits per heavy atom. The van der Waals surface area contributed by atoms with Gasteiger partial charge < -0.3 is 10.6 Å². The highest BCUT2D eigenvalue weighted by Crippen LogP contribution is 2.25. The maximum absolute atomic E-state index is 11.3. The number of likely N-dealkylation sites (tertiary alicyclic amines) is 1. The van der Waals surface area contributed by atoms with Gasteiger partial charge in [0.05, 0.1) is 5.69 Å². The van der Waals surface area contributed by atoms with Gasteiger partial charge in [0.15, 0.2) is 0 Å². The summed E-state index contributed by atoms with van der Waals surface area (Å²) in [5, 5.41) is 0. The Kier molecular flexibility index (Phi) is 3.03. The minimum atomic E-state index is 0.131. The lowest BCUT2D eigenvalue weighted by atomic mass is 9.94. The third-order valence-electron chi connectivity index (χ3n) is 2.98. The number of aromatic nitrogens is 2. The van der Waals surface area contributed by atoms with Crippen molar-refractivity contribution in [2.24, 2.45) is 0 Å². The number of carbonyl (C=O) groups excluding carboxylic acids is 1. The van der Waals surface area contributed by atoms with Gasteiger partial charge in [0.1, 0.15) is 0 Å². The molecule has 1 aromatic rings. The van der Waals surface area contributed by atoms with E-state index in [1.165, 1.54) is 0 Å². The van der Waals surface area contributed by atoms with Crippen LogP contribution in [0.3, 0.4) is 0 Å². The van der Waals surface area contributed by atoms with E-state index in [1.54, 1.807) is 13.1 Å². The molecule has 1 unspecified atom stereocenters. The number of nitrogens with two attached hydrogens (primary N) is 1. The average molecular weight is 220 g/mol. The van der Waals surface area contributed by atoms with Crippen molar-refractivity contribution >= 4 is 11.9 Å². The van der Waals surface area contributed by atoms with Crippen LogP contribution in [-0.4, -0.2) is 33.9 Å². The Bertz CT molecular complexity index is 393. The second-order valence-corrected chi connectivity index (χ2v) is 4.14. The summed E-state index contributed by atoms with van der Waals surface area (Å²) < 4.78 is 0. The Morgan fingerprint density at radius 2 is 2.44 bits per heavy atom. The van der Waals surface area contributed by atoms with Gasteiger partial charge in [-0.1, -0.05) is 0 Å². The first-order valence-corrected chi connectivity index (χ1v) is 5.51. The predicted octanol–water partition coefficient (Wildman–Crippen LogP) is 0.785. The van der Waals surface area contributed by atoms with Gasteiger partial charge in [-0.3, -0.25) is 4.79 Å². The summed E-state index contributed by atoms with van der Waals surface area (Å²) in [7, 11) is 0. The Labute approximate surface area is 94.7 Å². The van der Waals surface area contributed by atoms with Crippen LogP contribution in [0.1, 0.15) is 31.4 Å². The number of nitrogen functional groups attached to an aromatic ring is 1. The molecule has 0 aliphatic carbocycles. The molecule has 2 rings (SSSR count). The minimum absolute atomic E-state index is 0.131. The molecule has 2 N–H and O–H groups in total. The largest absolute Gasteiger partial charge is 0.368 e. The van der Waals surface area contributed by atoms with Crippen LogP contribution < -0.4 is 5.73 Å². The molecule has 0 radical (unpaired) electrons. The molecule has 1 aliphatic heterocycles. The maximum Gasteiger partial charge on any atom is 0.220 e. The van der Waals surface area contributed by atoms with Crippen LogP contribution in [0, 0.1) is 0 Å². The quantitative estimate of drug-likeness (QED) is 0.759. The molecule has 1 saturated heterocycles. The van der Waals surface area contributed by atoms with Crippen LogP contribution in [0.4, 0.5) is 5.95 Å². The fourth-order valence-electron chi connectivity index (χ4n) is 2.12. The zero-order valence-electron chi connectivity index (χ0n) is 9.39.